The molecule has 1 N–H and O–H groups in total. The lowest BCUT2D eigenvalue weighted by Gasteiger charge is -2.18. The van der Waals surface area contributed by atoms with E-state index in [-0.39, 0.29) is 12.1 Å². The van der Waals surface area contributed by atoms with Gasteiger partial charge in [0.1, 0.15) is 18.4 Å². The first-order valence-corrected chi connectivity index (χ1v) is 7.09. The van der Waals surface area contributed by atoms with E-state index in [1.807, 2.05) is 19.9 Å². The minimum atomic E-state index is -0.254. The number of nitriles is 1. The second kappa shape index (κ2) is 6.58. The summed E-state index contributed by atoms with van der Waals surface area (Å²) in [6, 6.07) is 8.59. The van der Waals surface area contributed by atoms with E-state index >= 15 is 0 Å². The van der Waals surface area contributed by atoms with Crippen LogP contribution in [0.25, 0.3) is 0 Å². The van der Waals surface area contributed by atoms with Gasteiger partial charge in [0.15, 0.2) is 0 Å². The fourth-order valence-corrected chi connectivity index (χ4v) is 2.50. The van der Waals surface area contributed by atoms with Gasteiger partial charge in [-0.05, 0) is 62.8 Å². The van der Waals surface area contributed by atoms with E-state index in [0.29, 0.717) is 6.61 Å². The fourth-order valence-electron chi connectivity index (χ4n) is 2.50. The summed E-state index contributed by atoms with van der Waals surface area (Å²) >= 11 is 0. The summed E-state index contributed by atoms with van der Waals surface area (Å²) in [5.41, 5.74) is 2.87. The maximum Gasteiger partial charge on any atom is 0.130 e. The molecule has 0 saturated carbocycles. The van der Waals surface area contributed by atoms with Crippen LogP contribution in [0.1, 0.15) is 37.8 Å². The SMILES string of the molecule is CC(C)NC(C#N)COc1ccc2c(c1)CCCC2. The normalized spacial score (nSPS) is 15.7. The Balaban J connectivity index is 1.94. The molecule has 0 spiro atoms. The van der Waals surface area contributed by atoms with Gasteiger partial charge in [0, 0.05) is 6.04 Å². The summed E-state index contributed by atoms with van der Waals surface area (Å²) in [4.78, 5) is 0. The summed E-state index contributed by atoms with van der Waals surface area (Å²) < 4.78 is 5.74. The molecular weight excluding hydrogens is 236 g/mol. The van der Waals surface area contributed by atoms with Crippen molar-refractivity contribution in [2.45, 2.75) is 51.6 Å². The van der Waals surface area contributed by atoms with Gasteiger partial charge in [0.2, 0.25) is 0 Å². The second-order valence-electron chi connectivity index (χ2n) is 5.45. The van der Waals surface area contributed by atoms with Crippen molar-refractivity contribution in [1.82, 2.24) is 5.32 Å². The number of hydrogen-bond acceptors (Lipinski definition) is 3. The standard InChI is InChI=1S/C16H22N2O/c1-12(2)18-15(10-17)11-19-16-8-7-13-5-3-4-6-14(13)9-16/h7-9,12,15,18H,3-6,11H2,1-2H3. The Morgan fingerprint density at radius 1 is 1.26 bits per heavy atom. The Labute approximate surface area is 115 Å². The van der Waals surface area contributed by atoms with Crippen molar-refractivity contribution in [3.8, 4) is 11.8 Å². The molecule has 0 amide bonds. The van der Waals surface area contributed by atoms with Gasteiger partial charge in [-0.3, -0.25) is 5.32 Å². The van der Waals surface area contributed by atoms with Crippen LogP contribution >= 0.6 is 0 Å². The van der Waals surface area contributed by atoms with E-state index in [1.54, 1.807) is 0 Å². The monoisotopic (exact) mass is 258 g/mol. The van der Waals surface area contributed by atoms with Crippen molar-refractivity contribution in [3.63, 3.8) is 0 Å². The molecule has 1 aliphatic carbocycles. The Kier molecular flexibility index (Phi) is 4.81. The minimum absolute atomic E-state index is 0.254. The Morgan fingerprint density at radius 2 is 2.00 bits per heavy atom. The van der Waals surface area contributed by atoms with E-state index in [9.17, 15) is 0 Å². The van der Waals surface area contributed by atoms with Gasteiger partial charge in [-0.1, -0.05) is 6.07 Å². The predicted molar refractivity (Wildman–Crippen MR) is 76.3 cm³/mol. The summed E-state index contributed by atoms with van der Waals surface area (Å²) in [7, 11) is 0. The van der Waals surface area contributed by atoms with Crippen LogP contribution in [0.5, 0.6) is 5.75 Å². The van der Waals surface area contributed by atoms with Crippen molar-refractivity contribution in [1.29, 1.82) is 5.26 Å². The number of fused-ring (bicyclic) bond motifs is 1. The molecule has 3 heteroatoms. The summed E-state index contributed by atoms with van der Waals surface area (Å²) in [5, 5.41) is 12.2. The van der Waals surface area contributed by atoms with Crippen LogP contribution in [-0.2, 0) is 12.8 Å². The number of aryl methyl sites for hydroxylation is 2. The molecule has 1 unspecified atom stereocenters. The van der Waals surface area contributed by atoms with Gasteiger partial charge in [-0.15, -0.1) is 0 Å². The lowest BCUT2D eigenvalue weighted by atomic mass is 9.92. The molecule has 0 radical (unpaired) electrons. The molecule has 1 atom stereocenters. The lowest BCUT2D eigenvalue weighted by Crippen LogP contribution is -2.37. The van der Waals surface area contributed by atoms with E-state index in [4.69, 9.17) is 10.00 Å². The third kappa shape index (κ3) is 3.97. The fraction of sp³-hybridized carbons (Fsp3) is 0.562. The average molecular weight is 258 g/mol. The summed E-state index contributed by atoms with van der Waals surface area (Å²) in [6.07, 6.45) is 4.90. The van der Waals surface area contributed by atoms with E-state index in [0.717, 1.165) is 12.2 Å². The topological polar surface area (TPSA) is 45.0 Å². The van der Waals surface area contributed by atoms with Crippen LogP contribution < -0.4 is 10.1 Å². The van der Waals surface area contributed by atoms with Gasteiger partial charge in [0.25, 0.3) is 0 Å². The maximum atomic E-state index is 9.05. The molecule has 0 aliphatic heterocycles. The third-order valence-electron chi connectivity index (χ3n) is 3.43. The maximum absolute atomic E-state index is 9.05. The van der Waals surface area contributed by atoms with Crippen LogP contribution in [0.4, 0.5) is 0 Å². The second-order valence-corrected chi connectivity index (χ2v) is 5.45. The minimum Gasteiger partial charge on any atom is -0.491 e. The van der Waals surface area contributed by atoms with E-state index in [1.165, 1.54) is 30.4 Å². The molecule has 1 aliphatic rings. The molecule has 19 heavy (non-hydrogen) atoms. The molecule has 0 saturated heterocycles. The van der Waals surface area contributed by atoms with Crippen molar-refractivity contribution < 1.29 is 4.74 Å². The number of benzene rings is 1. The Bertz CT molecular complexity index is 462. The van der Waals surface area contributed by atoms with Gasteiger partial charge < -0.3 is 4.74 Å². The highest BCUT2D eigenvalue weighted by molar-refractivity contribution is 5.37. The van der Waals surface area contributed by atoms with Crippen molar-refractivity contribution in [2.75, 3.05) is 6.61 Å². The van der Waals surface area contributed by atoms with Crippen LogP contribution in [0.15, 0.2) is 18.2 Å². The van der Waals surface area contributed by atoms with Crippen molar-refractivity contribution in [3.05, 3.63) is 29.3 Å². The number of hydrogen-bond donors (Lipinski definition) is 1. The number of ether oxygens (including phenoxy) is 1. The smallest absolute Gasteiger partial charge is 0.130 e. The summed E-state index contributed by atoms with van der Waals surface area (Å²) in [6.45, 7) is 4.46. The van der Waals surface area contributed by atoms with E-state index in [2.05, 4.69) is 23.5 Å². The highest BCUT2D eigenvalue weighted by Crippen LogP contribution is 2.25. The highest BCUT2D eigenvalue weighted by atomic mass is 16.5. The molecule has 3 nitrogen and oxygen atoms in total. The molecule has 0 aromatic heterocycles. The molecule has 2 rings (SSSR count). The first-order valence-electron chi connectivity index (χ1n) is 7.09. The molecular formula is C16H22N2O. The molecule has 102 valence electrons. The van der Waals surface area contributed by atoms with Crippen LogP contribution in [-0.4, -0.2) is 18.7 Å². The molecule has 1 aromatic rings. The number of nitrogens with one attached hydrogen (secondary N) is 1. The van der Waals surface area contributed by atoms with E-state index < -0.39 is 0 Å². The van der Waals surface area contributed by atoms with Gasteiger partial charge in [0.05, 0.1) is 6.07 Å². The largest absolute Gasteiger partial charge is 0.491 e. The Hall–Kier alpha value is -1.53. The third-order valence-corrected chi connectivity index (χ3v) is 3.43. The number of nitrogens with zero attached hydrogens (tertiary/aromatic N) is 1. The zero-order valence-electron chi connectivity index (χ0n) is 11.8. The molecule has 1 aromatic carbocycles. The Morgan fingerprint density at radius 3 is 2.68 bits per heavy atom. The zero-order valence-corrected chi connectivity index (χ0v) is 11.8. The van der Waals surface area contributed by atoms with Gasteiger partial charge in [-0.25, -0.2) is 0 Å². The van der Waals surface area contributed by atoms with Crippen LogP contribution in [0, 0.1) is 11.3 Å². The predicted octanol–water partition coefficient (Wildman–Crippen LogP) is 2.83. The average Bonchev–Trinajstić information content (AvgIpc) is 2.42. The van der Waals surface area contributed by atoms with Gasteiger partial charge >= 0.3 is 0 Å². The lowest BCUT2D eigenvalue weighted by molar-refractivity contribution is 0.282. The van der Waals surface area contributed by atoms with Gasteiger partial charge in [-0.2, -0.15) is 5.26 Å². The molecule has 0 heterocycles. The van der Waals surface area contributed by atoms with Crippen LogP contribution in [0.2, 0.25) is 0 Å². The van der Waals surface area contributed by atoms with Crippen LogP contribution in [0.3, 0.4) is 0 Å². The highest BCUT2D eigenvalue weighted by Gasteiger charge is 2.12. The van der Waals surface area contributed by atoms with Crippen molar-refractivity contribution >= 4 is 0 Å². The molecule has 0 fully saturated rings. The number of rotatable bonds is 5. The molecule has 0 bridgehead atoms. The quantitative estimate of drug-likeness (QED) is 0.883. The van der Waals surface area contributed by atoms with Crippen molar-refractivity contribution in [2.24, 2.45) is 0 Å². The first kappa shape index (κ1) is 13.9. The first-order chi connectivity index (χ1) is 9.19. The summed E-state index contributed by atoms with van der Waals surface area (Å²) in [5.74, 6) is 0.881. The zero-order chi connectivity index (χ0) is 13.7.